The van der Waals surface area contributed by atoms with E-state index in [2.05, 4.69) is 5.32 Å². The molecule has 0 spiro atoms. The summed E-state index contributed by atoms with van der Waals surface area (Å²) in [5, 5.41) is 2.80. The molecule has 4 rings (SSSR count). The van der Waals surface area contributed by atoms with Gasteiger partial charge in [0.25, 0.3) is 5.91 Å². The Morgan fingerprint density at radius 3 is 2.46 bits per heavy atom. The highest BCUT2D eigenvalue weighted by atomic mass is 16.2. The highest BCUT2D eigenvalue weighted by molar-refractivity contribution is 5.94. The SMILES string of the molecule is O=C1CC2CCN(C(=O)c3ccccc3)CC2CCN1CCN1CCNC1=O. The molecule has 150 valence electrons. The maximum atomic E-state index is 12.8. The molecule has 0 aliphatic carbocycles. The number of carbonyl (C=O) groups is 3. The topological polar surface area (TPSA) is 73.0 Å². The van der Waals surface area contributed by atoms with Crippen molar-refractivity contribution in [1.29, 1.82) is 0 Å². The van der Waals surface area contributed by atoms with Gasteiger partial charge in [0.1, 0.15) is 0 Å². The number of nitrogens with one attached hydrogen (secondary N) is 1. The van der Waals surface area contributed by atoms with Crippen molar-refractivity contribution in [2.45, 2.75) is 19.3 Å². The van der Waals surface area contributed by atoms with Crippen LogP contribution in [0, 0.1) is 11.8 Å². The van der Waals surface area contributed by atoms with Crippen LogP contribution in [-0.2, 0) is 4.79 Å². The quantitative estimate of drug-likeness (QED) is 0.853. The van der Waals surface area contributed by atoms with Gasteiger partial charge in [0.15, 0.2) is 0 Å². The molecule has 3 saturated heterocycles. The number of hydrogen-bond acceptors (Lipinski definition) is 3. The Bertz CT molecular complexity index is 738. The summed E-state index contributed by atoms with van der Waals surface area (Å²) in [6.45, 7) is 4.74. The number of likely N-dealkylation sites (tertiary alicyclic amines) is 2. The maximum Gasteiger partial charge on any atom is 0.317 e. The van der Waals surface area contributed by atoms with Crippen LogP contribution in [0.1, 0.15) is 29.6 Å². The number of nitrogens with zero attached hydrogens (tertiary/aromatic N) is 3. The van der Waals surface area contributed by atoms with Crippen molar-refractivity contribution in [2.24, 2.45) is 11.8 Å². The summed E-state index contributed by atoms with van der Waals surface area (Å²) in [5.41, 5.74) is 0.733. The van der Waals surface area contributed by atoms with Gasteiger partial charge >= 0.3 is 6.03 Å². The summed E-state index contributed by atoms with van der Waals surface area (Å²) in [7, 11) is 0. The largest absolute Gasteiger partial charge is 0.341 e. The first-order chi connectivity index (χ1) is 13.6. The van der Waals surface area contributed by atoms with Gasteiger partial charge in [-0.1, -0.05) is 18.2 Å². The van der Waals surface area contributed by atoms with Crippen LogP contribution < -0.4 is 5.32 Å². The number of benzene rings is 1. The number of urea groups is 1. The van der Waals surface area contributed by atoms with Gasteiger partial charge in [0, 0.05) is 57.8 Å². The Morgan fingerprint density at radius 1 is 0.964 bits per heavy atom. The van der Waals surface area contributed by atoms with Crippen LogP contribution in [0.5, 0.6) is 0 Å². The van der Waals surface area contributed by atoms with E-state index < -0.39 is 0 Å². The zero-order valence-electron chi connectivity index (χ0n) is 16.2. The van der Waals surface area contributed by atoms with E-state index in [4.69, 9.17) is 0 Å². The van der Waals surface area contributed by atoms with Gasteiger partial charge in [-0.25, -0.2) is 4.79 Å². The van der Waals surface area contributed by atoms with Gasteiger partial charge in [-0.15, -0.1) is 0 Å². The van der Waals surface area contributed by atoms with Crippen LogP contribution in [0.25, 0.3) is 0 Å². The summed E-state index contributed by atoms with van der Waals surface area (Å²) in [6, 6.07) is 9.39. The molecule has 0 bridgehead atoms. The van der Waals surface area contributed by atoms with Gasteiger partial charge in [-0.2, -0.15) is 0 Å². The lowest BCUT2D eigenvalue weighted by Crippen LogP contribution is -2.43. The average Bonchev–Trinajstić information content (AvgIpc) is 3.06. The highest BCUT2D eigenvalue weighted by Crippen LogP contribution is 2.33. The van der Waals surface area contributed by atoms with Crippen LogP contribution in [0.2, 0.25) is 0 Å². The zero-order chi connectivity index (χ0) is 19.5. The van der Waals surface area contributed by atoms with E-state index in [-0.39, 0.29) is 17.8 Å². The fraction of sp³-hybridized carbons (Fsp3) is 0.571. The molecule has 1 N–H and O–H groups in total. The molecule has 1 aromatic carbocycles. The minimum Gasteiger partial charge on any atom is -0.341 e. The predicted molar refractivity (Wildman–Crippen MR) is 105 cm³/mol. The zero-order valence-corrected chi connectivity index (χ0v) is 16.2. The lowest BCUT2D eigenvalue weighted by atomic mass is 9.82. The summed E-state index contributed by atoms with van der Waals surface area (Å²) < 4.78 is 0. The van der Waals surface area contributed by atoms with Gasteiger partial charge in [0.2, 0.25) is 5.91 Å². The van der Waals surface area contributed by atoms with Crippen LogP contribution in [0.15, 0.2) is 30.3 Å². The van der Waals surface area contributed by atoms with Crippen molar-refractivity contribution in [2.75, 3.05) is 45.8 Å². The van der Waals surface area contributed by atoms with Crippen molar-refractivity contribution < 1.29 is 14.4 Å². The molecule has 3 aliphatic heterocycles. The Kier molecular flexibility index (Phi) is 5.50. The number of carbonyl (C=O) groups excluding carboxylic acids is 3. The standard InChI is InChI=1S/C21H28N4O3/c26-19-14-17-6-10-25(20(27)16-4-2-1-3-5-16)15-18(17)7-9-23(19)12-13-24-11-8-22-21(24)28/h1-5,17-18H,6-15H2,(H,22,28). The molecule has 0 saturated carbocycles. The molecule has 3 heterocycles. The summed E-state index contributed by atoms with van der Waals surface area (Å²) in [6.07, 6.45) is 2.36. The second-order valence-corrected chi connectivity index (χ2v) is 8.02. The van der Waals surface area contributed by atoms with Gasteiger partial charge in [0.05, 0.1) is 0 Å². The Labute approximate surface area is 165 Å². The number of amides is 4. The van der Waals surface area contributed by atoms with Crippen molar-refractivity contribution in [1.82, 2.24) is 20.0 Å². The minimum atomic E-state index is -0.0361. The summed E-state index contributed by atoms with van der Waals surface area (Å²) in [5.74, 6) is 0.999. The first kappa shape index (κ1) is 18.8. The third-order valence-electron chi connectivity index (χ3n) is 6.34. The van der Waals surface area contributed by atoms with E-state index in [1.165, 1.54) is 0 Å². The van der Waals surface area contributed by atoms with Crippen LogP contribution in [-0.4, -0.2) is 78.4 Å². The van der Waals surface area contributed by atoms with Crippen molar-refractivity contribution in [3.8, 4) is 0 Å². The molecule has 3 fully saturated rings. The number of piperidine rings is 1. The Hall–Kier alpha value is -2.57. The van der Waals surface area contributed by atoms with E-state index in [0.717, 1.165) is 31.5 Å². The van der Waals surface area contributed by atoms with E-state index in [9.17, 15) is 14.4 Å². The Balaban J connectivity index is 1.34. The molecule has 4 amide bonds. The fourth-order valence-electron chi connectivity index (χ4n) is 4.63. The van der Waals surface area contributed by atoms with Crippen LogP contribution in [0.4, 0.5) is 4.79 Å². The van der Waals surface area contributed by atoms with E-state index >= 15 is 0 Å². The van der Waals surface area contributed by atoms with Crippen LogP contribution in [0.3, 0.4) is 0 Å². The molecule has 3 aliphatic rings. The van der Waals surface area contributed by atoms with Gasteiger partial charge in [-0.3, -0.25) is 9.59 Å². The smallest absolute Gasteiger partial charge is 0.317 e. The first-order valence-electron chi connectivity index (χ1n) is 10.3. The normalized spacial score (nSPS) is 25.4. The van der Waals surface area contributed by atoms with Crippen molar-refractivity contribution >= 4 is 17.8 Å². The summed E-state index contributed by atoms with van der Waals surface area (Å²) in [4.78, 5) is 42.8. The highest BCUT2D eigenvalue weighted by Gasteiger charge is 2.36. The maximum absolute atomic E-state index is 12.8. The monoisotopic (exact) mass is 384 g/mol. The molecule has 1 aromatic rings. The van der Waals surface area contributed by atoms with Gasteiger partial charge < -0.3 is 20.0 Å². The molecule has 0 radical (unpaired) electrons. The molecule has 7 nitrogen and oxygen atoms in total. The molecule has 2 atom stereocenters. The lowest BCUT2D eigenvalue weighted by molar-refractivity contribution is -0.131. The lowest BCUT2D eigenvalue weighted by Gasteiger charge is -2.37. The van der Waals surface area contributed by atoms with E-state index in [1.54, 1.807) is 4.90 Å². The van der Waals surface area contributed by atoms with Crippen molar-refractivity contribution in [3.63, 3.8) is 0 Å². The van der Waals surface area contributed by atoms with Crippen LogP contribution >= 0.6 is 0 Å². The number of fused-ring (bicyclic) bond motifs is 1. The third kappa shape index (κ3) is 3.98. The number of rotatable bonds is 4. The predicted octanol–water partition coefficient (Wildman–Crippen LogP) is 1.41. The second-order valence-electron chi connectivity index (χ2n) is 8.02. The second kappa shape index (κ2) is 8.20. The fourth-order valence-corrected chi connectivity index (χ4v) is 4.63. The average molecular weight is 384 g/mol. The van der Waals surface area contributed by atoms with Crippen molar-refractivity contribution in [3.05, 3.63) is 35.9 Å². The minimum absolute atomic E-state index is 0.0361. The summed E-state index contributed by atoms with van der Waals surface area (Å²) >= 11 is 0. The molecule has 28 heavy (non-hydrogen) atoms. The Morgan fingerprint density at radius 2 is 1.71 bits per heavy atom. The van der Waals surface area contributed by atoms with E-state index in [0.29, 0.717) is 51.0 Å². The molecular weight excluding hydrogens is 356 g/mol. The van der Waals surface area contributed by atoms with E-state index in [1.807, 2.05) is 40.1 Å². The third-order valence-corrected chi connectivity index (χ3v) is 6.34. The molecular formula is C21H28N4O3. The van der Waals surface area contributed by atoms with Gasteiger partial charge in [-0.05, 0) is 36.8 Å². The first-order valence-corrected chi connectivity index (χ1v) is 10.3. The molecule has 0 aromatic heterocycles. The molecule has 2 unspecified atom stereocenters. The molecule has 7 heteroatoms. The number of hydrogen-bond donors (Lipinski definition) is 1.